The van der Waals surface area contributed by atoms with Crippen LogP contribution in [0.1, 0.15) is 25.8 Å². The maximum atomic E-state index is 5.85. The molecule has 0 amide bonds. The molecule has 0 aromatic heterocycles. The molecule has 19 heavy (non-hydrogen) atoms. The topological polar surface area (TPSA) is 30.5 Å². The number of hydrogen-bond acceptors (Lipinski definition) is 3. The highest BCUT2D eigenvalue weighted by Crippen LogP contribution is 2.17. The molecule has 0 radical (unpaired) electrons. The molecule has 1 N–H and O–H groups in total. The zero-order valence-corrected chi connectivity index (χ0v) is 12.0. The first-order chi connectivity index (χ1) is 9.24. The Labute approximate surface area is 116 Å². The molecule has 3 nitrogen and oxygen atoms in total. The molecule has 1 saturated heterocycles. The Morgan fingerprint density at radius 2 is 2.32 bits per heavy atom. The van der Waals surface area contributed by atoms with Crippen molar-refractivity contribution in [2.24, 2.45) is 11.8 Å². The fourth-order valence-corrected chi connectivity index (χ4v) is 2.18. The molecule has 1 aliphatic rings. The van der Waals surface area contributed by atoms with Gasteiger partial charge in [0.05, 0.1) is 13.2 Å². The molecule has 3 heteroatoms. The molecule has 1 aromatic rings. The second kappa shape index (κ2) is 7.51. The molecule has 106 valence electrons. The van der Waals surface area contributed by atoms with Crippen LogP contribution in [0.4, 0.5) is 0 Å². The minimum Gasteiger partial charge on any atom is -0.493 e. The number of rotatable bonds is 7. The summed E-state index contributed by atoms with van der Waals surface area (Å²) >= 11 is 0. The molecule has 1 heterocycles. The molecule has 1 aliphatic heterocycles. The Balaban J connectivity index is 1.77. The zero-order chi connectivity index (χ0) is 13.5. The summed E-state index contributed by atoms with van der Waals surface area (Å²) in [5, 5.41) is 3.45. The van der Waals surface area contributed by atoms with Crippen molar-refractivity contribution in [2.75, 3.05) is 26.4 Å². The van der Waals surface area contributed by atoms with Crippen molar-refractivity contribution in [3.8, 4) is 5.75 Å². The third-order valence-corrected chi connectivity index (χ3v) is 3.29. The third kappa shape index (κ3) is 5.21. The molecule has 1 aromatic carbocycles. The molecule has 0 aliphatic carbocycles. The van der Waals surface area contributed by atoms with Gasteiger partial charge in [-0.3, -0.25) is 0 Å². The lowest BCUT2D eigenvalue weighted by molar-refractivity contribution is 0.167. The smallest absolute Gasteiger partial charge is 0.119 e. The van der Waals surface area contributed by atoms with Crippen molar-refractivity contribution in [1.29, 1.82) is 0 Å². The van der Waals surface area contributed by atoms with Gasteiger partial charge in [-0.2, -0.15) is 0 Å². The van der Waals surface area contributed by atoms with Gasteiger partial charge in [-0.05, 0) is 36.6 Å². The van der Waals surface area contributed by atoms with E-state index in [9.17, 15) is 0 Å². The first-order valence-corrected chi connectivity index (χ1v) is 7.24. The Hall–Kier alpha value is -1.06. The fraction of sp³-hybridized carbons (Fsp3) is 0.625. The van der Waals surface area contributed by atoms with Gasteiger partial charge in [0.25, 0.3) is 0 Å². The summed E-state index contributed by atoms with van der Waals surface area (Å²) in [6.45, 7) is 8.88. The van der Waals surface area contributed by atoms with Crippen LogP contribution in [-0.2, 0) is 11.3 Å². The van der Waals surface area contributed by atoms with Crippen molar-refractivity contribution in [1.82, 2.24) is 5.32 Å². The van der Waals surface area contributed by atoms with Crippen molar-refractivity contribution < 1.29 is 9.47 Å². The molecular weight excluding hydrogens is 238 g/mol. The summed E-state index contributed by atoms with van der Waals surface area (Å²) in [5.41, 5.74) is 1.28. The number of hydrogen-bond donors (Lipinski definition) is 1. The predicted octanol–water partition coefficient (Wildman–Crippen LogP) is 2.85. The third-order valence-electron chi connectivity index (χ3n) is 3.29. The van der Waals surface area contributed by atoms with Crippen LogP contribution >= 0.6 is 0 Å². The molecule has 1 atom stereocenters. The van der Waals surface area contributed by atoms with Gasteiger partial charge in [0.15, 0.2) is 0 Å². The molecule has 0 spiro atoms. The molecule has 0 bridgehead atoms. The predicted molar refractivity (Wildman–Crippen MR) is 77.4 cm³/mol. The summed E-state index contributed by atoms with van der Waals surface area (Å²) in [5.74, 6) is 2.21. The standard InChI is InChI=1S/C16H25NO2/c1-13(2)9-17-10-14-4-3-5-16(8-14)19-12-15-6-7-18-11-15/h3-5,8,13,15,17H,6-7,9-12H2,1-2H3. The Morgan fingerprint density at radius 3 is 3.05 bits per heavy atom. The van der Waals surface area contributed by atoms with Crippen molar-refractivity contribution in [3.63, 3.8) is 0 Å². The van der Waals surface area contributed by atoms with E-state index in [0.29, 0.717) is 11.8 Å². The van der Waals surface area contributed by atoms with Gasteiger partial charge in [-0.25, -0.2) is 0 Å². The maximum absolute atomic E-state index is 5.85. The Bertz CT molecular complexity index is 373. The SMILES string of the molecule is CC(C)CNCc1cccc(OCC2CCOC2)c1. The minimum absolute atomic E-state index is 0.558. The van der Waals surface area contributed by atoms with Gasteiger partial charge in [0.1, 0.15) is 5.75 Å². The van der Waals surface area contributed by atoms with E-state index in [0.717, 1.165) is 45.1 Å². The average molecular weight is 263 g/mol. The zero-order valence-electron chi connectivity index (χ0n) is 12.0. The summed E-state index contributed by atoms with van der Waals surface area (Å²) in [7, 11) is 0. The second-order valence-corrected chi connectivity index (χ2v) is 5.71. The highest BCUT2D eigenvalue weighted by Gasteiger charge is 2.16. The van der Waals surface area contributed by atoms with Crippen molar-refractivity contribution in [2.45, 2.75) is 26.8 Å². The van der Waals surface area contributed by atoms with Crippen molar-refractivity contribution >= 4 is 0 Å². The van der Waals surface area contributed by atoms with Crippen LogP contribution < -0.4 is 10.1 Å². The van der Waals surface area contributed by atoms with E-state index in [4.69, 9.17) is 9.47 Å². The van der Waals surface area contributed by atoms with Gasteiger partial charge in [-0.15, -0.1) is 0 Å². The number of benzene rings is 1. The number of nitrogens with one attached hydrogen (secondary N) is 1. The Kier molecular flexibility index (Phi) is 5.67. The summed E-state index contributed by atoms with van der Waals surface area (Å²) in [6, 6.07) is 8.36. The van der Waals surface area contributed by atoms with E-state index in [1.807, 2.05) is 6.07 Å². The van der Waals surface area contributed by atoms with Crippen molar-refractivity contribution in [3.05, 3.63) is 29.8 Å². The quantitative estimate of drug-likeness (QED) is 0.820. The monoisotopic (exact) mass is 263 g/mol. The summed E-state index contributed by atoms with van der Waals surface area (Å²) in [4.78, 5) is 0. The van der Waals surface area contributed by atoms with Crippen LogP contribution in [0, 0.1) is 11.8 Å². The first kappa shape index (κ1) is 14.4. The maximum Gasteiger partial charge on any atom is 0.119 e. The molecular formula is C16H25NO2. The highest BCUT2D eigenvalue weighted by atomic mass is 16.5. The lowest BCUT2D eigenvalue weighted by Crippen LogP contribution is -2.19. The molecule has 1 fully saturated rings. The molecule has 1 unspecified atom stereocenters. The van der Waals surface area contributed by atoms with Gasteiger partial charge in [-0.1, -0.05) is 26.0 Å². The largest absolute Gasteiger partial charge is 0.493 e. The van der Waals surface area contributed by atoms with Gasteiger partial charge < -0.3 is 14.8 Å². The van der Waals surface area contributed by atoms with Gasteiger partial charge >= 0.3 is 0 Å². The van der Waals surface area contributed by atoms with Crippen LogP contribution in [0.2, 0.25) is 0 Å². The van der Waals surface area contributed by atoms with Gasteiger partial charge in [0, 0.05) is 19.1 Å². The highest BCUT2D eigenvalue weighted by molar-refractivity contribution is 5.28. The van der Waals surface area contributed by atoms with E-state index < -0.39 is 0 Å². The lowest BCUT2D eigenvalue weighted by atomic mass is 10.1. The van der Waals surface area contributed by atoms with Crippen LogP contribution in [0.5, 0.6) is 5.75 Å². The first-order valence-electron chi connectivity index (χ1n) is 7.24. The van der Waals surface area contributed by atoms with Crippen LogP contribution in [0.25, 0.3) is 0 Å². The van der Waals surface area contributed by atoms with E-state index in [2.05, 4.69) is 37.4 Å². The minimum atomic E-state index is 0.558. The lowest BCUT2D eigenvalue weighted by Gasteiger charge is -2.12. The van der Waals surface area contributed by atoms with Crippen LogP contribution in [-0.4, -0.2) is 26.4 Å². The van der Waals surface area contributed by atoms with E-state index in [-0.39, 0.29) is 0 Å². The average Bonchev–Trinajstić information content (AvgIpc) is 2.89. The van der Waals surface area contributed by atoms with Crippen LogP contribution in [0.3, 0.4) is 0 Å². The van der Waals surface area contributed by atoms with Crippen LogP contribution in [0.15, 0.2) is 24.3 Å². The van der Waals surface area contributed by atoms with Gasteiger partial charge in [0.2, 0.25) is 0 Å². The Morgan fingerprint density at radius 1 is 1.42 bits per heavy atom. The second-order valence-electron chi connectivity index (χ2n) is 5.71. The summed E-state index contributed by atoms with van der Waals surface area (Å²) < 4.78 is 11.2. The van der Waals surface area contributed by atoms with E-state index >= 15 is 0 Å². The number of ether oxygens (including phenoxy) is 2. The van der Waals surface area contributed by atoms with E-state index in [1.54, 1.807) is 0 Å². The fourth-order valence-electron chi connectivity index (χ4n) is 2.18. The molecule has 2 rings (SSSR count). The normalized spacial score (nSPS) is 19.0. The molecule has 0 saturated carbocycles. The van der Waals surface area contributed by atoms with E-state index in [1.165, 1.54) is 5.56 Å². The summed E-state index contributed by atoms with van der Waals surface area (Å²) in [6.07, 6.45) is 1.12.